The first-order chi connectivity index (χ1) is 13.7. The second-order valence-electron chi connectivity index (χ2n) is 8.04. The number of amides is 2. The fraction of sp³-hybridized carbons (Fsp3) is 0.391. The fourth-order valence-electron chi connectivity index (χ4n) is 2.76. The summed E-state index contributed by atoms with van der Waals surface area (Å²) in [6.07, 6.45) is 0. The van der Waals surface area contributed by atoms with E-state index in [4.69, 9.17) is 0 Å². The van der Waals surface area contributed by atoms with Gasteiger partial charge in [0.25, 0.3) is 0 Å². The van der Waals surface area contributed by atoms with Gasteiger partial charge in [-0.25, -0.2) is 0 Å². The summed E-state index contributed by atoms with van der Waals surface area (Å²) in [6.45, 7) is 8.01. The quantitative estimate of drug-likeness (QED) is 0.581. The molecule has 156 valence electrons. The number of carbonyl (C=O) groups excluding carboxylic acids is 2. The Labute approximate surface area is 186 Å². The molecule has 0 radical (unpaired) electrons. The molecule has 0 saturated carbocycles. The summed E-state index contributed by atoms with van der Waals surface area (Å²) in [7, 11) is 0. The molecule has 0 saturated heterocycles. The summed E-state index contributed by atoms with van der Waals surface area (Å²) < 4.78 is 0.982. The maximum absolute atomic E-state index is 13.0. The number of thioether (sulfide) groups is 1. The van der Waals surface area contributed by atoms with E-state index in [2.05, 4.69) is 33.4 Å². The highest BCUT2D eigenvalue weighted by Gasteiger charge is 2.28. The molecule has 0 aliphatic rings. The predicted molar refractivity (Wildman–Crippen MR) is 125 cm³/mol. The highest BCUT2D eigenvalue weighted by molar-refractivity contribution is 9.10. The maximum Gasteiger partial charge on any atom is 0.242 e. The largest absolute Gasteiger partial charge is 0.350 e. The third-order valence-corrected chi connectivity index (χ3v) is 5.79. The van der Waals surface area contributed by atoms with Crippen LogP contribution in [0.5, 0.6) is 0 Å². The second kappa shape index (κ2) is 10.8. The van der Waals surface area contributed by atoms with Gasteiger partial charge in [-0.05, 0) is 51.0 Å². The smallest absolute Gasteiger partial charge is 0.242 e. The van der Waals surface area contributed by atoms with Crippen molar-refractivity contribution in [2.24, 2.45) is 0 Å². The lowest BCUT2D eigenvalue weighted by Gasteiger charge is -2.31. The molecular formula is C23H29BrN2O2S. The molecule has 2 aromatic carbocycles. The van der Waals surface area contributed by atoms with Crippen LogP contribution in [0.3, 0.4) is 0 Å². The van der Waals surface area contributed by atoms with Crippen LogP contribution in [-0.4, -0.2) is 34.0 Å². The lowest BCUT2D eigenvalue weighted by molar-refractivity contribution is -0.139. The van der Waals surface area contributed by atoms with Crippen LogP contribution < -0.4 is 5.32 Å². The standard InChI is InChI=1S/C23H29BrN2O2S/c1-17(22(28)25-23(2,3)4)26(14-18-10-12-20(24)13-11-18)21(27)16-29-15-19-8-6-5-7-9-19/h5-13,17H,14-16H2,1-4H3,(H,25,28). The molecule has 0 aliphatic heterocycles. The lowest BCUT2D eigenvalue weighted by Crippen LogP contribution is -2.52. The van der Waals surface area contributed by atoms with Gasteiger partial charge in [-0.15, -0.1) is 11.8 Å². The molecule has 4 nitrogen and oxygen atoms in total. The minimum absolute atomic E-state index is 0.0367. The molecular weight excluding hydrogens is 448 g/mol. The SMILES string of the molecule is CC(C(=O)NC(C)(C)C)N(Cc1ccc(Br)cc1)C(=O)CSCc1ccccc1. The Morgan fingerprint density at radius 1 is 1.03 bits per heavy atom. The average molecular weight is 477 g/mol. The zero-order chi connectivity index (χ0) is 21.4. The Balaban J connectivity index is 2.08. The molecule has 29 heavy (non-hydrogen) atoms. The maximum atomic E-state index is 13.0. The Morgan fingerprint density at radius 3 is 2.24 bits per heavy atom. The summed E-state index contributed by atoms with van der Waals surface area (Å²) in [4.78, 5) is 27.4. The monoisotopic (exact) mass is 476 g/mol. The molecule has 1 N–H and O–H groups in total. The minimum Gasteiger partial charge on any atom is -0.350 e. The molecule has 0 aliphatic carbocycles. The topological polar surface area (TPSA) is 49.4 Å². The van der Waals surface area contributed by atoms with Gasteiger partial charge in [0.2, 0.25) is 11.8 Å². The molecule has 0 aromatic heterocycles. The normalized spacial score (nSPS) is 12.3. The van der Waals surface area contributed by atoms with Crippen molar-refractivity contribution in [2.45, 2.75) is 51.6 Å². The number of carbonyl (C=O) groups is 2. The summed E-state index contributed by atoms with van der Waals surface area (Å²) in [5.41, 5.74) is 1.83. The van der Waals surface area contributed by atoms with E-state index in [1.165, 1.54) is 5.56 Å². The van der Waals surface area contributed by atoms with Gasteiger partial charge in [0.15, 0.2) is 0 Å². The van der Waals surface area contributed by atoms with Crippen molar-refractivity contribution in [3.63, 3.8) is 0 Å². The number of hydrogen-bond donors (Lipinski definition) is 1. The molecule has 0 heterocycles. The summed E-state index contributed by atoms with van der Waals surface area (Å²) >= 11 is 5.00. The van der Waals surface area contributed by atoms with Crippen LogP contribution in [0.25, 0.3) is 0 Å². The first kappa shape index (κ1) is 23.5. The average Bonchev–Trinajstić information content (AvgIpc) is 2.66. The van der Waals surface area contributed by atoms with Gasteiger partial charge in [-0.1, -0.05) is 58.4 Å². The Morgan fingerprint density at radius 2 is 1.66 bits per heavy atom. The molecule has 2 rings (SSSR count). The van der Waals surface area contributed by atoms with Crippen molar-refractivity contribution >= 4 is 39.5 Å². The van der Waals surface area contributed by atoms with E-state index < -0.39 is 6.04 Å². The van der Waals surface area contributed by atoms with Crippen molar-refractivity contribution < 1.29 is 9.59 Å². The lowest BCUT2D eigenvalue weighted by atomic mass is 10.1. The number of nitrogens with one attached hydrogen (secondary N) is 1. The van der Waals surface area contributed by atoms with E-state index in [1.807, 2.05) is 63.2 Å². The van der Waals surface area contributed by atoms with Gasteiger partial charge in [0.05, 0.1) is 5.75 Å². The fourth-order valence-corrected chi connectivity index (χ4v) is 3.89. The Kier molecular flexibility index (Phi) is 8.78. The van der Waals surface area contributed by atoms with Crippen LogP contribution in [0.1, 0.15) is 38.8 Å². The molecule has 2 amide bonds. The van der Waals surface area contributed by atoms with E-state index in [1.54, 1.807) is 23.6 Å². The molecule has 0 bridgehead atoms. The highest BCUT2D eigenvalue weighted by atomic mass is 79.9. The first-order valence-electron chi connectivity index (χ1n) is 9.63. The van der Waals surface area contributed by atoms with Gasteiger partial charge in [0, 0.05) is 22.3 Å². The number of halogens is 1. The van der Waals surface area contributed by atoms with Crippen LogP contribution in [0, 0.1) is 0 Å². The number of rotatable bonds is 8. The third kappa shape index (κ3) is 8.23. The van der Waals surface area contributed by atoms with Gasteiger partial charge in [-0.2, -0.15) is 0 Å². The van der Waals surface area contributed by atoms with E-state index in [0.29, 0.717) is 12.3 Å². The van der Waals surface area contributed by atoms with E-state index in [0.717, 1.165) is 15.8 Å². The van der Waals surface area contributed by atoms with Gasteiger partial charge in [-0.3, -0.25) is 9.59 Å². The highest BCUT2D eigenvalue weighted by Crippen LogP contribution is 2.18. The van der Waals surface area contributed by atoms with E-state index in [9.17, 15) is 9.59 Å². The molecule has 0 fully saturated rings. The van der Waals surface area contributed by atoms with E-state index in [-0.39, 0.29) is 17.4 Å². The van der Waals surface area contributed by atoms with Crippen molar-refractivity contribution in [3.05, 3.63) is 70.2 Å². The zero-order valence-electron chi connectivity index (χ0n) is 17.4. The van der Waals surface area contributed by atoms with Crippen LogP contribution in [0.2, 0.25) is 0 Å². The second-order valence-corrected chi connectivity index (χ2v) is 9.94. The van der Waals surface area contributed by atoms with Gasteiger partial charge < -0.3 is 10.2 Å². The van der Waals surface area contributed by atoms with Crippen molar-refractivity contribution in [1.29, 1.82) is 0 Å². The number of benzene rings is 2. The van der Waals surface area contributed by atoms with Crippen molar-refractivity contribution in [1.82, 2.24) is 10.2 Å². The van der Waals surface area contributed by atoms with Crippen molar-refractivity contribution in [2.75, 3.05) is 5.75 Å². The van der Waals surface area contributed by atoms with Crippen LogP contribution in [0.4, 0.5) is 0 Å². The third-order valence-electron chi connectivity index (χ3n) is 4.27. The zero-order valence-corrected chi connectivity index (χ0v) is 19.8. The van der Waals surface area contributed by atoms with Gasteiger partial charge >= 0.3 is 0 Å². The van der Waals surface area contributed by atoms with E-state index >= 15 is 0 Å². The number of hydrogen-bond acceptors (Lipinski definition) is 3. The molecule has 2 aromatic rings. The van der Waals surface area contributed by atoms with Crippen molar-refractivity contribution in [3.8, 4) is 0 Å². The summed E-state index contributed by atoms with van der Waals surface area (Å²) in [6, 6.07) is 17.4. The van der Waals surface area contributed by atoms with Gasteiger partial charge in [0.1, 0.15) is 6.04 Å². The molecule has 6 heteroatoms. The van der Waals surface area contributed by atoms with Crippen LogP contribution in [0.15, 0.2) is 59.1 Å². The minimum atomic E-state index is -0.553. The Bertz CT molecular complexity index is 804. The first-order valence-corrected chi connectivity index (χ1v) is 11.6. The summed E-state index contributed by atoms with van der Waals surface area (Å²) in [5, 5.41) is 2.98. The number of nitrogens with zero attached hydrogens (tertiary/aromatic N) is 1. The predicted octanol–water partition coefficient (Wildman–Crippen LogP) is 5.01. The Hall–Kier alpha value is -1.79. The summed E-state index contributed by atoms with van der Waals surface area (Å²) in [5.74, 6) is 0.918. The van der Waals surface area contributed by atoms with Crippen LogP contribution in [-0.2, 0) is 21.9 Å². The molecule has 0 spiro atoms. The molecule has 1 unspecified atom stereocenters. The van der Waals surface area contributed by atoms with Crippen LogP contribution >= 0.6 is 27.7 Å². The molecule has 1 atom stereocenters.